The van der Waals surface area contributed by atoms with Crippen molar-refractivity contribution in [2.24, 2.45) is 23.7 Å². The fraction of sp³-hybridized carbons (Fsp3) is 0.643. The normalized spacial score (nSPS) is 26.2. The van der Waals surface area contributed by atoms with Gasteiger partial charge >= 0.3 is 0 Å². The molecule has 174 valence electrons. The maximum atomic E-state index is 13.1. The lowest BCUT2D eigenvalue weighted by atomic mass is 9.68. The highest BCUT2D eigenvalue weighted by Gasteiger charge is 2.30. The van der Waals surface area contributed by atoms with Gasteiger partial charge in [-0.1, -0.05) is 25.7 Å². The summed E-state index contributed by atoms with van der Waals surface area (Å²) < 4.78 is 18.3. The van der Waals surface area contributed by atoms with Crippen LogP contribution in [0.3, 0.4) is 0 Å². The Kier molecular flexibility index (Phi) is 8.67. The van der Waals surface area contributed by atoms with Gasteiger partial charge in [-0.05, 0) is 105 Å². The Balaban J connectivity index is 1.15. The summed E-state index contributed by atoms with van der Waals surface area (Å²) in [6, 6.07) is 6.38. The first-order valence-electron chi connectivity index (χ1n) is 12.8. The molecule has 0 spiro atoms. The largest absolute Gasteiger partial charge is 0.385 e. The van der Waals surface area contributed by atoms with E-state index in [-0.39, 0.29) is 5.82 Å². The molecule has 0 N–H and O–H groups in total. The number of aryl methyl sites for hydroxylation is 1. The molecule has 4 heteroatoms. The lowest BCUT2D eigenvalue weighted by Gasteiger charge is -2.38. The van der Waals surface area contributed by atoms with Crippen LogP contribution < -0.4 is 0 Å². The highest BCUT2D eigenvalue weighted by Crippen LogP contribution is 2.43. The molecule has 0 amide bonds. The second-order valence-electron chi connectivity index (χ2n) is 10.2. The molecule has 4 rings (SSSR count). The molecule has 0 bridgehead atoms. The topological polar surface area (TPSA) is 35.0 Å². The third-order valence-corrected chi connectivity index (χ3v) is 8.06. The van der Waals surface area contributed by atoms with Gasteiger partial charge in [-0.2, -0.15) is 0 Å². The first-order valence-corrected chi connectivity index (χ1v) is 12.8. The molecule has 32 heavy (non-hydrogen) atoms. The molecule has 0 radical (unpaired) electrons. The molecule has 0 unspecified atom stereocenters. The number of methoxy groups -OCH3 is 1. The van der Waals surface area contributed by atoms with E-state index < -0.39 is 0 Å². The standard InChI is InChI=1S/C28H39FN2O/c1-32-18-2-3-21-6-10-24(11-7-21)25-12-8-22(9-13-25)4-5-23-19-30-28(31-20-23)26-14-16-27(29)17-15-26/h14-17,19-22,24-25H,2-13,18H2,1H3. The van der Waals surface area contributed by atoms with Gasteiger partial charge in [-0.15, -0.1) is 0 Å². The van der Waals surface area contributed by atoms with E-state index in [0.29, 0.717) is 5.82 Å². The van der Waals surface area contributed by atoms with Crippen LogP contribution in [0.15, 0.2) is 36.7 Å². The van der Waals surface area contributed by atoms with Crippen molar-refractivity contribution in [3.05, 3.63) is 48.0 Å². The van der Waals surface area contributed by atoms with E-state index in [1.807, 2.05) is 19.5 Å². The van der Waals surface area contributed by atoms with Gasteiger partial charge in [-0.3, -0.25) is 0 Å². The van der Waals surface area contributed by atoms with Gasteiger partial charge < -0.3 is 4.74 Å². The van der Waals surface area contributed by atoms with Crippen molar-refractivity contribution in [3.8, 4) is 11.4 Å². The molecule has 2 aliphatic carbocycles. The Morgan fingerprint density at radius 2 is 1.38 bits per heavy atom. The number of aromatic nitrogens is 2. The molecule has 2 saturated carbocycles. The van der Waals surface area contributed by atoms with Crippen LogP contribution in [0.1, 0.15) is 76.2 Å². The van der Waals surface area contributed by atoms with Crippen LogP contribution in [-0.4, -0.2) is 23.7 Å². The molecule has 0 aliphatic heterocycles. The molecule has 0 atom stereocenters. The summed E-state index contributed by atoms with van der Waals surface area (Å²) in [6.07, 6.45) is 20.3. The SMILES string of the molecule is COCCCC1CCC(C2CCC(CCc3cnc(-c4ccc(F)cc4)nc3)CC2)CC1. The predicted molar refractivity (Wildman–Crippen MR) is 128 cm³/mol. The fourth-order valence-electron chi connectivity index (χ4n) is 6.02. The maximum absolute atomic E-state index is 13.1. The van der Waals surface area contributed by atoms with E-state index in [2.05, 4.69) is 9.97 Å². The molecule has 1 aromatic carbocycles. The monoisotopic (exact) mass is 438 g/mol. The number of ether oxygens (including phenoxy) is 1. The van der Waals surface area contributed by atoms with E-state index in [9.17, 15) is 4.39 Å². The number of hydrogen-bond donors (Lipinski definition) is 0. The summed E-state index contributed by atoms with van der Waals surface area (Å²) >= 11 is 0. The van der Waals surface area contributed by atoms with Gasteiger partial charge in [0.25, 0.3) is 0 Å². The van der Waals surface area contributed by atoms with Crippen molar-refractivity contribution >= 4 is 0 Å². The van der Waals surface area contributed by atoms with Crippen LogP contribution in [0.2, 0.25) is 0 Å². The van der Waals surface area contributed by atoms with E-state index in [0.717, 1.165) is 42.3 Å². The van der Waals surface area contributed by atoms with E-state index in [1.165, 1.54) is 88.3 Å². The summed E-state index contributed by atoms with van der Waals surface area (Å²) in [5.41, 5.74) is 2.07. The van der Waals surface area contributed by atoms with Crippen LogP contribution in [0.4, 0.5) is 4.39 Å². The summed E-state index contributed by atoms with van der Waals surface area (Å²) in [4.78, 5) is 9.01. The highest BCUT2D eigenvalue weighted by atomic mass is 19.1. The molecule has 1 heterocycles. The Hall–Kier alpha value is -1.81. The summed E-state index contributed by atoms with van der Waals surface area (Å²) in [7, 11) is 1.81. The third-order valence-electron chi connectivity index (χ3n) is 8.06. The molecule has 2 fully saturated rings. The third kappa shape index (κ3) is 6.60. The predicted octanol–water partition coefficient (Wildman–Crippen LogP) is 7.25. The second kappa shape index (κ2) is 11.9. The molecule has 2 aromatic rings. The number of nitrogens with zero attached hydrogens (tertiary/aromatic N) is 2. The van der Waals surface area contributed by atoms with Crippen LogP contribution in [0.25, 0.3) is 11.4 Å². The summed E-state index contributed by atoms with van der Waals surface area (Å²) in [5.74, 6) is 4.21. The van der Waals surface area contributed by atoms with Crippen molar-refractivity contribution in [1.29, 1.82) is 0 Å². The van der Waals surface area contributed by atoms with Crippen LogP contribution in [0.5, 0.6) is 0 Å². The maximum Gasteiger partial charge on any atom is 0.159 e. The minimum Gasteiger partial charge on any atom is -0.385 e. The smallest absolute Gasteiger partial charge is 0.159 e. The first kappa shape index (κ1) is 23.4. The van der Waals surface area contributed by atoms with Crippen molar-refractivity contribution in [1.82, 2.24) is 9.97 Å². The van der Waals surface area contributed by atoms with Gasteiger partial charge in [0.1, 0.15) is 5.82 Å². The Labute approximate surface area is 193 Å². The van der Waals surface area contributed by atoms with Gasteiger partial charge in [0.15, 0.2) is 5.82 Å². The van der Waals surface area contributed by atoms with E-state index in [4.69, 9.17) is 4.74 Å². The number of hydrogen-bond acceptors (Lipinski definition) is 3. The Morgan fingerprint density at radius 3 is 1.94 bits per heavy atom. The second-order valence-corrected chi connectivity index (χ2v) is 10.2. The van der Waals surface area contributed by atoms with Crippen molar-refractivity contribution in [2.45, 2.75) is 77.0 Å². The van der Waals surface area contributed by atoms with Crippen LogP contribution >= 0.6 is 0 Å². The van der Waals surface area contributed by atoms with Crippen LogP contribution in [-0.2, 0) is 11.2 Å². The zero-order valence-electron chi connectivity index (χ0n) is 19.6. The number of rotatable bonds is 9. The minimum absolute atomic E-state index is 0.231. The van der Waals surface area contributed by atoms with Crippen molar-refractivity contribution in [2.75, 3.05) is 13.7 Å². The summed E-state index contributed by atoms with van der Waals surface area (Å²) in [6.45, 7) is 0.925. The first-order chi connectivity index (χ1) is 15.7. The zero-order chi connectivity index (χ0) is 22.2. The Morgan fingerprint density at radius 1 is 0.812 bits per heavy atom. The highest BCUT2D eigenvalue weighted by molar-refractivity contribution is 5.54. The van der Waals surface area contributed by atoms with Crippen molar-refractivity contribution < 1.29 is 9.13 Å². The minimum atomic E-state index is -0.231. The average Bonchev–Trinajstić information content (AvgIpc) is 2.85. The summed E-state index contributed by atoms with van der Waals surface area (Å²) in [5, 5.41) is 0. The van der Waals surface area contributed by atoms with Crippen molar-refractivity contribution in [3.63, 3.8) is 0 Å². The molecule has 0 saturated heterocycles. The number of halogens is 1. The molecule has 2 aliphatic rings. The molecular weight excluding hydrogens is 399 g/mol. The zero-order valence-corrected chi connectivity index (χ0v) is 19.6. The average molecular weight is 439 g/mol. The fourth-order valence-corrected chi connectivity index (χ4v) is 6.02. The lowest BCUT2D eigenvalue weighted by Crippen LogP contribution is -2.26. The molecular formula is C28H39FN2O. The van der Waals surface area contributed by atoms with E-state index in [1.54, 1.807) is 12.1 Å². The Bertz CT molecular complexity index is 791. The van der Waals surface area contributed by atoms with Gasteiger partial charge in [0, 0.05) is 31.7 Å². The number of benzene rings is 1. The lowest BCUT2D eigenvalue weighted by molar-refractivity contribution is 0.133. The molecule has 3 nitrogen and oxygen atoms in total. The van der Waals surface area contributed by atoms with Crippen LogP contribution in [0, 0.1) is 29.5 Å². The van der Waals surface area contributed by atoms with Gasteiger partial charge in [0.05, 0.1) is 0 Å². The quantitative estimate of drug-likeness (QED) is 0.387. The van der Waals surface area contributed by atoms with Gasteiger partial charge in [-0.25, -0.2) is 14.4 Å². The molecule has 1 aromatic heterocycles. The van der Waals surface area contributed by atoms with E-state index >= 15 is 0 Å². The van der Waals surface area contributed by atoms with Gasteiger partial charge in [0.2, 0.25) is 0 Å².